The zero-order valence-electron chi connectivity index (χ0n) is 16.7. The molecule has 0 atom stereocenters. The van der Waals surface area contributed by atoms with Crippen LogP contribution in [-0.2, 0) is 7.05 Å². The maximum atomic E-state index is 5.94. The van der Waals surface area contributed by atoms with Crippen LogP contribution in [0.25, 0.3) is 10.9 Å². The van der Waals surface area contributed by atoms with Gasteiger partial charge in [0.2, 0.25) is 5.88 Å². The summed E-state index contributed by atoms with van der Waals surface area (Å²) in [6.45, 7) is 1.87. The molecule has 0 amide bonds. The van der Waals surface area contributed by atoms with Crippen molar-refractivity contribution in [2.75, 3.05) is 25.5 Å². The first-order valence-corrected chi connectivity index (χ1v) is 9.63. The molecule has 4 heterocycles. The third-order valence-corrected chi connectivity index (χ3v) is 4.83. The van der Waals surface area contributed by atoms with Gasteiger partial charge in [0.15, 0.2) is 5.82 Å². The predicted octanol–water partition coefficient (Wildman–Crippen LogP) is 2.99. The van der Waals surface area contributed by atoms with Crippen molar-refractivity contribution in [1.29, 1.82) is 0 Å². The molecule has 3 aromatic heterocycles. The fraction of sp³-hybridized carbons (Fsp3) is 0.238. The van der Waals surface area contributed by atoms with Gasteiger partial charge in [-0.05, 0) is 31.3 Å². The predicted molar refractivity (Wildman–Crippen MR) is 112 cm³/mol. The number of aromatic nitrogens is 5. The quantitative estimate of drug-likeness (QED) is 0.526. The zero-order chi connectivity index (χ0) is 20.5. The molecular weight excluding hydrogens is 382 g/mol. The van der Waals surface area contributed by atoms with Gasteiger partial charge in [0, 0.05) is 43.9 Å². The van der Waals surface area contributed by atoms with Gasteiger partial charge in [-0.3, -0.25) is 9.58 Å². The van der Waals surface area contributed by atoms with Crippen molar-refractivity contribution in [1.82, 2.24) is 29.6 Å². The minimum atomic E-state index is 0.231. The van der Waals surface area contributed by atoms with Gasteiger partial charge in [-0.25, -0.2) is 15.0 Å². The van der Waals surface area contributed by atoms with Crippen LogP contribution >= 0.6 is 0 Å². The minimum Gasteiger partial charge on any atom is -0.486 e. The first-order valence-electron chi connectivity index (χ1n) is 9.63. The van der Waals surface area contributed by atoms with Crippen LogP contribution in [0.3, 0.4) is 0 Å². The van der Waals surface area contributed by atoms with E-state index >= 15 is 0 Å². The molecule has 9 heteroatoms. The van der Waals surface area contributed by atoms with Crippen molar-refractivity contribution in [2.45, 2.75) is 6.10 Å². The molecule has 0 radical (unpaired) electrons. The largest absolute Gasteiger partial charge is 0.486 e. The van der Waals surface area contributed by atoms with Gasteiger partial charge in [0.25, 0.3) is 0 Å². The number of hydrogen-bond donors (Lipinski definition) is 1. The van der Waals surface area contributed by atoms with Crippen molar-refractivity contribution >= 4 is 22.5 Å². The third-order valence-electron chi connectivity index (χ3n) is 4.83. The summed E-state index contributed by atoms with van der Waals surface area (Å²) in [5.74, 6) is 3.24. The number of pyridine rings is 1. The number of nitrogens with one attached hydrogen (secondary N) is 1. The number of fused-ring (bicyclic) bond motifs is 1. The Bertz CT molecular complexity index is 1170. The normalized spacial score (nSPS) is 14.5. The standard InChI is InChI=1S/C21H21N7O2/c1-27-11-16(12-27)29-15-4-6-20(22-10-15)30-14-3-5-18-17(9-14)21(24-13-23-18)25-19-7-8-28(2)26-19/h3-10,13,16H,11-12H2,1-2H3,(H,23,24,25,26). The number of aryl methyl sites for hydroxylation is 1. The van der Waals surface area contributed by atoms with Crippen LogP contribution in [0.15, 0.2) is 55.1 Å². The smallest absolute Gasteiger partial charge is 0.219 e. The Morgan fingerprint density at radius 1 is 1.00 bits per heavy atom. The molecule has 1 aromatic carbocycles. The Morgan fingerprint density at radius 2 is 1.87 bits per heavy atom. The Morgan fingerprint density at radius 3 is 2.60 bits per heavy atom. The van der Waals surface area contributed by atoms with E-state index in [1.807, 2.05) is 43.6 Å². The molecule has 9 nitrogen and oxygen atoms in total. The van der Waals surface area contributed by atoms with Gasteiger partial charge in [0.05, 0.1) is 11.7 Å². The van der Waals surface area contributed by atoms with E-state index in [2.05, 4.69) is 37.3 Å². The fourth-order valence-corrected chi connectivity index (χ4v) is 3.33. The van der Waals surface area contributed by atoms with E-state index in [1.54, 1.807) is 16.9 Å². The highest BCUT2D eigenvalue weighted by molar-refractivity contribution is 5.91. The molecule has 4 aromatic rings. The third kappa shape index (κ3) is 3.87. The molecule has 30 heavy (non-hydrogen) atoms. The lowest BCUT2D eigenvalue weighted by Crippen LogP contribution is -2.51. The molecule has 0 aliphatic carbocycles. The summed E-state index contributed by atoms with van der Waals surface area (Å²) in [6.07, 6.45) is 5.30. The SMILES string of the molecule is CN1CC(Oc2ccc(Oc3ccc4ncnc(Nc5ccn(C)n5)c4c3)nc2)C1. The highest BCUT2D eigenvalue weighted by atomic mass is 16.5. The van der Waals surface area contributed by atoms with Gasteiger partial charge < -0.3 is 14.8 Å². The molecule has 5 rings (SSSR count). The number of likely N-dealkylation sites (tertiary alicyclic amines) is 1. The van der Waals surface area contributed by atoms with E-state index in [0.29, 0.717) is 23.3 Å². The van der Waals surface area contributed by atoms with Crippen molar-refractivity contribution in [3.63, 3.8) is 0 Å². The average Bonchev–Trinajstić information content (AvgIpc) is 3.13. The Balaban J connectivity index is 1.33. The topological polar surface area (TPSA) is 90.2 Å². The van der Waals surface area contributed by atoms with Crippen LogP contribution < -0.4 is 14.8 Å². The molecule has 152 valence electrons. The second-order valence-electron chi connectivity index (χ2n) is 7.30. The van der Waals surface area contributed by atoms with E-state index in [0.717, 1.165) is 29.7 Å². The lowest BCUT2D eigenvalue weighted by molar-refractivity contribution is 0.0385. The summed E-state index contributed by atoms with van der Waals surface area (Å²) in [7, 11) is 3.93. The van der Waals surface area contributed by atoms with Crippen LogP contribution in [0.4, 0.5) is 11.6 Å². The van der Waals surface area contributed by atoms with Crippen LogP contribution in [0.1, 0.15) is 0 Å². The molecule has 1 N–H and O–H groups in total. The number of ether oxygens (including phenoxy) is 2. The molecule has 0 bridgehead atoms. The number of rotatable bonds is 6. The second kappa shape index (κ2) is 7.60. The minimum absolute atomic E-state index is 0.231. The first kappa shape index (κ1) is 18.3. The van der Waals surface area contributed by atoms with E-state index in [4.69, 9.17) is 9.47 Å². The maximum Gasteiger partial charge on any atom is 0.219 e. The molecule has 1 aliphatic heterocycles. The van der Waals surface area contributed by atoms with E-state index in [9.17, 15) is 0 Å². The van der Waals surface area contributed by atoms with Crippen molar-refractivity contribution in [3.05, 3.63) is 55.1 Å². The summed E-state index contributed by atoms with van der Waals surface area (Å²) < 4.78 is 13.5. The monoisotopic (exact) mass is 403 g/mol. The number of hydrogen-bond acceptors (Lipinski definition) is 8. The summed E-state index contributed by atoms with van der Waals surface area (Å²) in [4.78, 5) is 15.2. The van der Waals surface area contributed by atoms with Crippen LogP contribution in [0, 0.1) is 0 Å². The molecular formula is C21H21N7O2. The number of nitrogens with zero attached hydrogens (tertiary/aromatic N) is 6. The second-order valence-corrected chi connectivity index (χ2v) is 7.30. The molecule has 0 unspecified atom stereocenters. The van der Waals surface area contributed by atoms with Crippen molar-refractivity contribution < 1.29 is 9.47 Å². The average molecular weight is 403 g/mol. The van der Waals surface area contributed by atoms with Crippen LogP contribution in [-0.4, -0.2) is 55.9 Å². The maximum absolute atomic E-state index is 5.94. The van der Waals surface area contributed by atoms with E-state index in [1.165, 1.54) is 6.33 Å². The van der Waals surface area contributed by atoms with Crippen LogP contribution in [0.2, 0.25) is 0 Å². The lowest BCUT2D eigenvalue weighted by atomic mass is 10.2. The Kier molecular flexibility index (Phi) is 4.64. The molecule has 1 saturated heterocycles. The summed E-state index contributed by atoms with van der Waals surface area (Å²) in [5, 5.41) is 8.39. The molecule has 1 fully saturated rings. The highest BCUT2D eigenvalue weighted by Gasteiger charge is 2.24. The lowest BCUT2D eigenvalue weighted by Gasteiger charge is -2.35. The van der Waals surface area contributed by atoms with Gasteiger partial charge in [-0.2, -0.15) is 5.10 Å². The van der Waals surface area contributed by atoms with Crippen molar-refractivity contribution in [3.8, 4) is 17.4 Å². The van der Waals surface area contributed by atoms with Gasteiger partial charge in [0.1, 0.15) is 29.7 Å². The Hall–Kier alpha value is -3.72. The van der Waals surface area contributed by atoms with Gasteiger partial charge in [-0.1, -0.05) is 0 Å². The van der Waals surface area contributed by atoms with E-state index < -0.39 is 0 Å². The van der Waals surface area contributed by atoms with E-state index in [-0.39, 0.29) is 6.10 Å². The van der Waals surface area contributed by atoms with Gasteiger partial charge >= 0.3 is 0 Å². The first-order chi connectivity index (χ1) is 14.6. The highest BCUT2D eigenvalue weighted by Crippen LogP contribution is 2.29. The summed E-state index contributed by atoms with van der Waals surface area (Å²) in [5.41, 5.74) is 0.804. The number of anilines is 2. The molecule has 0 saturated carbocycles. The summed E-state index contributed by atoms with van der Waals surface area (Å²) in [6, 6.07) is 11.2. The Labute approximate surface area is 173 Å². The zero-order valence-corrected chi connectivity index (χ0v) is 16.7. The number of likely N-dealkylation sites (N-methyl/N-ethyl adjacent to an activating group) is 1. The van der Waals surface area contributed by atoms with Crippen molar-refractivity contribution in [2.24, 2.45) is 7.05 Å². The van der Waals surface area contributed by atoms with Crippen LogP contribution in [0.5, 0.6) is 17.4 Å². The molecule has 1 aliphatic rings. The molecule has 0 spiro atoms. The van der Waals surface area contributed by atoms with Gasteiger partial charge in [-0.15, -0.1) is 0 Å². The fourth-order valence-electron chi connectivity index (χ4n) is 3.33. The summed E-state index contributed by atoms with van der Waals surface area (Å²) >= 11 is 0. The number of benzene rings is 1.